The average Bonchev–Trinajstić information content (AvgIpc) is 2.64. The summed E-state index contributed by atoms with van der Waals surface area (Å²) in [6.07, 6.45) is 0.464. The highest BCUT2D eigenvalue weighted by molar-refractivity contribution is 6.31. The van der Waals surface area contributed by atoms with Gasteiger partial charge in [0.05, 0.1) is 25.8 Å². The molecule has 0 heterocycles. The second-order valence-corrected chi connectivity index (χ2v) is 6.35. The summed E-state index contributed by atoms with van der Waals surface area (Å²) < 4.78 is 19.1. The lowest BCUT2D eigenvalue weighted by molar-refractivity contribution is -0.134. The molecule has 2 aromatic carbocycles. The number of nitrogens with one attached hydrogen (secondary N) is 1. The Morgan fingerprint density at radius 2 is 1.93 bits per heavy atom. The number of rotatable bonds is 8. The third kappa shape index (κ3) is 5.69. The molecule has 0 bridgehead atoms. The van der Waals surface area contributed by atoms with Crippen molar-refractivity contribution in [2.24, 2.45) is 0 Å². The van der Waals surface area contributed by atoms with E-state index in [9.17, 15) is 14.0 Å². The number of methoxy groups -OCH3 is 1. The Labute approximate surface area is 163 Å². The predicted octanol–water partition coefficient (Wildman–Crippen LogP) is 3.91. The molecule has 0 unspecified atom stereocenters. The van der Waals surface area contributed by atoms with Gasteiger partial charge in [-0.25, -0.2) is 4.39 Å². The molecule has 0 spiro atoms. The minimum atomic E-state index is -0.536. The first kappa shape index (κ1) is 20.7. The van der Waals surface area contributed by atoms with E-state index in [1.165, 1.54) is 30.2 Å². The van der Waals surface area contributed by atoms with Crippen LogP contribution >= 0.6 is 11.6 Å². The predicted molar refractivity (Wildman–Crippen MR) is 104 cm³/mol. The normalized spacial score (nSPS) is 10.4. The Bertz CT molecular complexity index is 793. The van der Waals surface area contributed by atoms with Crippen LogP contribution in [-0.2, 0) is 16.0 Å². The van der Waals surface area contributed by atoms with E-state index in [-0.39, 0.29) is 35.4 Å². The number of halogens is 2. The van der Waals surface area contributed by atoms with E-state index >= 15 is 0 Å². The molecule has 0 aliphatic carbocycles. The summed E-state index contributed by atoms with van der Waals surface area (Å²) in [5.41, 5.74) is 0.654. The quantitative estimate of drug-likeness (QED) is 0.741. The molecule has 0 fully saturated rings. The summed E-state index contributed by atoms with van der Waals surface area (Å²) in [4.78, 5) is 26.4. The molecule has 0 aliphatic heterocycles. The fraction of sp³-hybridized carbons (Fsp3) is 0.300. The van der Waals surface area contributed by atoms with E-state index in [0.717, 1.165) is 0 Å². The van der Waals surface area contributed by atoms with Crippen molar-refractivity contribution < 1.29 is 18.7 Å². The van der Waals surface area contributed by atoms with Crippen LogP contribution in [0.25, 0.3) is 0 Å². The fourth-order valence-electron chi connectivity index (χ4n) is 2.64. The highest BCUT2D eigenvalue weighted by atomic mass is 35.5. The van der Waals surface area contributed by atoms with Crippen LogP contribution in [0.15, 0.2) is 42.5 Å². The molecule has 2 rings (SSSR count). The van der Waals surface area contributed by atoms with Crippen LogP contribution in [0.3, 0.4) is 0 Å². The molecule has 7 heteroatoms. The molecule has 0 radical (unpaired) electrons. The van der Waals surface area contributed by atoms with Crippen molar-refractivity contribution in [3.05, 3.63) is 58.9 Å². The molecule has 0 aliphatic rings. The molecule has 0 aromatic heterocycles. The van der Waals surface area contributed by atoms with Crippen LogP contribution in [0.1, 0.15) is 18.9 Å². The highest BCUT2D eigenvalue weighted by Crippen LogP contribution is 2.23. The van der Waals surface area contributed by atoms with Gasteiger partial charge in [0.25, 0.3) is 0 Å². The number of para-hydroxylation sites is 2. The van der Waals surface area contributed by atoms with E-state index in [1.54, 1.807) is 24.3 Å². The topological polar surface area (TPSA) is 58.6 Å². The van der Waals surface area contributed by atoms with E-state index < -0.39 is 5.82 Å². The van der Waals surface area contributed by atoms with Crippen molar-refractivity contribution >= 4 is 29.1 Å². The zero-order valence-corrected chi connectivity index (χ0v) is 16.1. The number of anilines is 1. The summed E-state index contributed by atoms with van der Waals surface area (Å²) in [6, 6.07) is 11.3. The summed E-state index contributed by atoms with van der Waals surface area (Å²) in [6.45, 7) is 2.13. The molecule has 0 atom stereocenters. The Hall–Kier alpha value is -2.60. The second-order valence-electron chi connectivity index (χ2n) is 5.94. The Morgan fingerprint density at radius 3 is 2.59 bits per heavy atom. The first-order valence-corrected chi connectivity index (χ1v) is 8.97. The molecule has 0 saturated heterocycles. The molecular weight excluding hydrogens is 371 g/mol. The largest absolute Gasteiger partial charge is 0.495 e. The van der Waals surface area contributed by atoms with Crippen LogP contribution in [0, 0.1) is 5.82 Å². The van der Waals surface area contributed by atoms with Crippen LogP contribution in [-0.4, -0.2) is 36.9 Å². The number of nitrogens with zero attached hydrogens (tertiary/aromatic N) is 1. The van der Waals surface area contributed by atoms with Crippen LogP contribution < -0.4 is 10.1 Å². The lowest BCUT2D eigenvalue weighted by Gasteiger charge is -2.22. The number of carbonyl (C=O) groups is 2. The molecule has 2 amide bonds. The maximum atomic E-state index is 13.9. The van der Waals surface area contributed by atoms with Crippen molar-refractivity contribution in [2.45, 2.75) is 19.8 Å². The first-order valence-electron chi connectivity index (χ1n) is 8.59. The number of hydrogen-bond acceptors (Lipinski definition) is 3. The lowest BCUT2D eigenvalue weighted by atomic mass is 10.1. The van der Waals surface area contributed by atoms with Crippen molar-refractivity contribution in [2.75, 3.05) is 25.5 Å². The van der Waals surface area contributed by atoms with Gasteiger partial charge in [0.2, 0.25) is 11.8 Å². The number of ether oxygens (including phenoxy) is 1. The third-order valence-electron chi connectivity index (χ3n) is 3.95. The monoisotopic (exact) mass is 392 g/mol. The second kappa shape index (κ2) is 9.92. The van der Waals surface area contributed by atoms with Crippen molar-refractivity contribution in [1.82, 2.24) is 4.90 Å². The van der Waals surface area contributed by atoms with Crippen molar-refractivity contribution in [3.63, 3.8) is 0 Å². The Morgan fingerprint density at radius 1 is 1.19 bits per heavy atom. The summed E-state index contributed by atoms with van der Waals surface area (Å²) in [5, 5.41) is 2.93. The first-order chi connectivity index (χ1) is 13.0. The van der Waals surface area contributed by atoms with Gasteiger partial charge < -0.3 is 15.0 Å². The minimum absolute atomic E-state index is 0.135. The van der Waals surface area contributed by atoms with Crippen molar-refractivity contribution in [1.29, 1.82) is 0 Å². The lowest BCUT2D eigenvalue weighted by Crippen LogP contribution is -2.39. The summed E-state index contributed by atoms with van der Waals surface area (Å²) >= 11 is 6.00. The maximum absolute atomic E-state index is 13.9. The molecule has 1 N–H and O–H groups in total. The molecule has 144 valence electrons. The summed E-state index contributed by atoms with van der Waals surface area (Å²) in [7, 11) is 1.51. The number of carbonyl (C=O) groups excluding carboxylic acids is 2. The SMILES string of the molecule is CCCN(CC(=O)Nc1ccccc1OC)C(=O)Cc1c(F)cccc1Cl. The van der Waals surface area contributed by atoms with Gasteiger partial charge in [0, 0.05) is 17.1 Å². The highest BCUT2D eigenvalue weighted by Gasteiger charge is 2.20. The van der Waals surface area contributed by atoms with Crippen molar-refractivity contribution in [3.8, 4) is 5.75 Å². The van der Waals surface area contributed by atoms with Crippen LogP contribution in [0.4, 0.5) is 10.1 Å². The zero-order valence-electron chi connectivity index (χ0n) is 15.3. The Balaban J connectivity index is 2.07. The van der Waals surface area contributed by atoms with Gasteiger partial charge in [-0.3, -0.25) is 9.59 Å². The molecule has 5 nitrogen and oxygen atoms in total. The van der Waals surface area contributed by atoms with Gasteiger partial charge in [-0.2, -0.15) is 0 Å². The number of hydrogen-bond donors (Lipinski definition) is 1. The van der Waals surface area contributed by atoms with E-state index in [0.29, 0.717) is 24.4 Å². The van der Waals surface area contributed by atoms with E-state index in [1.807, 2.05) is 6.92 Å². The molecule has 0 saturated carbocycles. The fourth-order valence-corrected chi connectivity index (χ4v) is 2.87. The van der Waals surface area contributed by atoms with E-state index in [4.69, 9.17) is 16.3 Å². The molecular formula is C20H22ClFN2O3. The maximum Gasteiger partial charge on any atom is 0.244 e. The number of amides is 2. The van der Waals surface area contributed by atoms with Crippen LogP contribution in [0.5, 0.6) is 5.75 Å². The zero-order chi connectivity index (χ0) is 19.8. The third-order valence-corrected chi connectivity index (χ3v) is 4.31. The minimum Gasteiger partial charge on any atom is -0.495 e. The number of benzene rings is 2. The summed E-state index contributed by atoms with van der Waals surface area (Å²) in [5.74, 6) is -0.733. The van der Waals surface area contributed by atoms with Crippen LogP contribution in [0.2, 0.25) is 5.02 Å². The molecule has 2 aromatic rings. The van der Waals surface area contributed by atoms with Gasteiger partial charge in [-0.1, -0.05) is 36.7 Å². The molecule has 27 heavy (non-hydrogen) atoms. The standard InChI is InChI=1S/C20H22ClFN2O3/c1-3-11-24(20(26)12-14-15(21)7-6-8-16(14)22)13-19(25)23-17-9-4-5-10-18(17)27-2/h4-10H,3,11-13H2,1-2H3,(H,23,25). The van der Waals surface area contributed by atoms with Gasteiger partial charge in [-0.05, 0) is 30.7 Å². The average molecular weight is 393 g/mol. The smallest absolute Gasteiger partial charge is 0.244 e. The van der Waals surface area contributed by atoms with Gasteiger partial charge in [0.15, 0.2) is 0 Å². The van der Waals surface area contributed by atoms with Gasteiger partial charge in [-0.15, -0.1) is 0 Å². The van der Waals surface area contributed by atoms with Gasteiger partial charge in [0.1, 0.15) is 11.6 Å². The van der Waals surface area contributed by atoms with E-state index in [2.05, 4.69) is 5.32 Å². The van der Waals surface area contributed by atoms with Gasteiger partial charge >= 0.3 is 0 Å². The Kier molecular flexibility index (Phi) is 7.61.